The number of halogens is 1. The molecular formula is C7H14ClN2+. The molecular weight excluding hydrogens is 148 g/mol. The first-order chi connectivity index (χ1) is 4.62. The van der Waals surface area contributed by atoms with E-state index in [1.165, 1.54) is 0 Å². The van der Waals surface area contributed by atoms with E-state index >= 15 is 0 Å². The Morgan fingerprint density at radius 3 is 2.40 bits per heavy atom. The van der Waals surface area contributed by atoms with Crippen molar-refractivity contribution in [2.24, 2.45) is 0 Å². The molecule has 2 nitrogen and oxygen atoms in total. The summed E-state index contributed by atoms with van der Waals surface area (Å²) in [5.41, 5.74) is 0. The van der Waals surface area contributed by atoms with Gasteiger partial charge in [0.2, 0.25) is 0 Å². The van der Waals surface area contributed by atoms with Gasteiger partial charge in [-0.3, -0.25) is 0 Å². The summed E-state index contributed by atoms with van der Waals surface area (Å²) in [5, 5.41) is 8.30. The molecule has 0 saturated carbocycles. The first kappa shape index (κ1) is 9.74. The lowest BCUT2D eigenvalue weighted by Crippen LogP contribution is -2.41. The van der Waals surface area contributed by atoms with Gasteiger partial charge in [0.15, 0.2) is 0 Å². The van der Waals surface area contributed by atoms with Gasteiger partial charge in [0, 0.05) is 0 Å². The molecule has 58 valence electrons. The van der Waals surface area contributed by atoms with Crippen LogP contribution in [0.2, 0.25) is 0 Å². The highest BCUT2D eigenvalue weighted by Crippen LogP contribution is 1.98. The predicted octanol–water partition coefficient (Wildman–Crippen LogP) is 1.22. The molecule has 0 bridgehead atoms. The highest BCUT2D eigenvalue weighted by atomic mass is 35.5. The lowest BCUT2D eigenvalue weighted by atomic mass is 10.4. The third kappa shape index (κ3) is 4.60. The lowest BCUT2D eigenvalue weighted by molar-refractivity contribution is -0.887. The molecule has 10 heavy (non-hydrogen) atoms. The van der Waals surface area contributed by atoms with Gasteiger partial charge < -0.3 is 4.48 Å². The summed E-state index contributed by atoms with van der Waals surface area (Å²) in [6.45, 7) is 1.83. The number of hydrogen-bond donors (Lipinski definition) is 0. The van der Waals surface area contributed by atoms with E-state index in [9.17, 15) is 0 Å². The molecule has 0 aromatic heterocycles. The smallest absolute Gasteiger partial charge is 0.0920 e. The van der Waals surface area contributed by atoms with Crippen molar-refractivity contribution in [3.63, 3.8) is 0 Å². The van der Waals surface area contributed by atoms with Gasteiger partial charge in [-0.05, 0) is 0 Å². The van der Waals surface area contributed by atoms with Crippen LogP contribution < -0.4 is 0 Å². The fourth-order valence-corrected chi connectivity index (χ4v) is 1.15. The second-order valence-electron chi connectivity index (χ2n) is 2.98. The Balaban J connectivity index is 3.54. The summed E-state index contributed by atoms with van der Waals surface area (Å²) in [6.07, 6.45) is 0.615. The minimum atomic E-state index is 0.615. The molecule has 0 spiro atoms. The maximum absolute atomic E-state index is 8.30. The van der Waals surface area contributed by atoms with Crippen LogP contribution in [0.5, 0.6) is 0 Å². The largest absolute Gasteiger partial charge is 0.327 e. The van der Waals surface area contributed by atoms with Crippen molar-refractivity contribution in [3.8, 4) is 6.07 Å². The minimum Gasteiger partial charge on any atom is -0.327 e. The van der Waals surface area contributed by atoms with E-state index in [1.807, 2.05) is 0 Å². The van der Waals surface area contributed by atoms with E-state index in [2.05, 4.69) is 20.2 Å². The average Bonchev–Trinajstić information content (AvgIpc) is 1.84. The van der Waals surface area contributed by atoms with Gasteiger partial charge in [-0.2, -0.15) is 5.26 Å². The molecule has 0 aromatic rings. The Morgan fingerprint density at radius 2 is 2.00 bits per heavy atom. The van der Waals surface area contributed by atoms with E-state index < -0.39 is 0 Å². The molecule has 0 N–H and O–H groups in total. The van der Waals surface area contributed by atoms with Crippen molar-refractivity contribution in [1.29, 1.82) is 5.26 Å². The molecule has 0 rings (SSSR count). The fourth-order valence-electron chi connectivity index (χ4n) is 0.693. The van der Waals surface area contributed by atoms with E-state index in [-0.39, 0.29) is 0 Å². The topological polar surface area (TPSA) is 23.8 Å². The van der Waals surface area contributed by atoms with E-state index in [0.717, 1.165) is 17.6 Å². The quantitative estimate of drug-likeness (QED) is 0.449. The molecule has 0 heterocycles. The molecule has 0 atom stereocenters. The zero-order valence-corrected chi connectivity index (χ0v) is 7.36. The maximum atomic E-state index is 8.30. The Bertz CT molecular complexity index is 126. The van der Waals surface area contributed by atoms with Gasteiger partial charge in [-0.25, -0.2) is 0 Å². The summed E-state index contributed by atoms with van der Waals surface area (Å²) in [6, 6.07) is 2.12. The summed E-state index contributed by atoms with van der Waals surface area (Å²) >= 11 is 5.57. The third-order valence-corrected chi connectivity index (χ3v) is 1.69. The van der Waals surface area contributed by atoms with Crippen LogP contribution in [0.1, 0.15) is 6.42 Å². The maximum Gasteiger partial charge on any atom is 0.0920 e. The number of hydrogen-bond acceptors (Lipinski definition) is 1. The van der Waals surface area contributed by atoms with Crippen LogP contribution in [0.15, 0.2) is 0 Å². The first-order valence-electron chi connectivity index (χ1n) is 3.37. The summed E-state index contributed by atoms with van der Waals surface area (Å²) in [7, 11) is 4.17. The third-order valence-electron chi connectivity index (χ3n) is 1.52. The molecule has 0 radical (unpaired) electrons. The van der Waals surface area contributed by atoms with Crippen LogP contribution in [0.25, 0.3) is 0 Å². The fraction of sp³-hybridized carbons (Fsp3) is 0.857. The zero-order chi connectivity index (χ0) is 8.04. The molecule has 0 aromatic carbocycles. The van der Waals surface area contributed by atoms with Crippen LogP contribution in [-0.2, 0) is 0 Å². The van der Waals surface area contributed by atoms with Crippen molar-refractivity contribution in [1.82, 2.24) is 0 Å². The Hall–Kier alpha value is -0.260. The summed E-state index contributed by atoms with van der Waals surface area (Å²) < 4.78 is 0.844. The van der Waals surface area contributed by atoms with Gasteiger partial charge in [0.25, 0.3) is 0 Å². The lowest BCUT2D eigenvalue weighted by Gasteiger charge is -2.27. The number of nitrogens with zero attached hydrogens (tertiary/aromatic N) is 2. The Labute approximate surface area is 67.6 Å². The van der Waals surface area contributed by atoms with Gasteiger partial charge in [-0.1, -0.05) is 0 Å². The molecule has 0 fully saturated rings. The Morgan fingerprint density at radius 1 is 1.40 bits per heavy atom. The van der Waals surface area contributed by atoms with Crippen LogP contribution in [0.4, 0.5) is 0 Å². The molecule has 3 heteroatoms. The standard InChI is InChI=1S/C7H14ClN2/c1-10(2,7-4-8)6-3-5-9/h3-4,6-7H2,1-2H3/q+1. The predicted molar refractivity (Wildman–Crippen MR) is 42.8 cm³/mol. The highest BCUT2D eigenvalue weighted by molar-refractivity contribution is 6.17. The van der Waals surface area contributed by atoms with Crippen molar-refractivity contribution >= 4 is 11.6 Å². The van der Waals surface area contributed by atoms with Crippen LogP contribution in [0.3, 0.4) is 0 Å². The number of quaternary nitrogens is 1. The van der Waals surface area contributed by atoms with Gasteiger partial charge in [0.05, 0.1) is 45.6 Å². The number of alkyl halides is 1. The van der Waals surface area contributed by atoms with Crippen molar-refractivity contribution in [2.45, 2.75) is 6.42 Å². The monoisotopic (exact) mass is 161 g/mol. The summed E-state index contributed by atoms with van der Waals surface area (Å²) in [4.78, 5) is 0. The van der Waals surface area contributed by atoms with E-state index in [1.54, 1.807) is 0 Å². The van der Waals surface area contributed by atoms with Crippen molar-refractivity contribution in [3.05, 3.63) is 0 Å². The van der Waals surface area contributed by atoms with E-state index in [0.29, 0.717) is 12.3 Å². The van der Waals surface area contributed by atoms with Crippen LogP contribution in [0, 0.1) is 11.3 Å². The van der Waals surface area contributed by atoms with Crippen molar-refractivity contribution < 1.29 is 4.48 Å². The minimum absolute atomic E-state index is 0.615. The SMILES string of the molecule is C[N+](C)(CCCl)CCC#N. The second kappa shape index (κ2) is 4.54. The molecule has 0 aliphatic heterocycles. The van der Waals surface area contributed by atoms with Gasteiger partial charge >= 0.3 is 0 Å². The summed E-state index contributed by atoms with van der Waals surface area (Å²) in [5.74, 6) is 0.665. The molecule has 0 unspecified atom stereocenters. The van der Waals surface area contributed by atoms with Crippen molar-refractivity contribution in [2.75, 3.05) is 33.1 Å². The molecule has 0 aliphatic carbocycles. The van der Waals surface area contributed by atoms with Crippen LogP contribution in [-0.4, -0.2) is 37.5 Å². The molecule has 0 amide bonds. The van der Waals surface area contributed by atoms with Crippen LogP contribution >= 0.6 is 11.6 Å². The molecule has 0 aliphatic rings. The number of rotatable bonds is 4. The van der Waals surface area contributed by atoms with Gasteiger partial charge in [0.1, 0.15) is 0 Å². The Kier molecular flexibility index (Phi) is 4.42. The first-order valence-corrected chi connectivity index (χ1v) is 3.91. The molecule has 0 saturated heterocycles. The second-order valence-corrected chi connectivity index (χ2v) is 3.36. The normalized spacial score (nSPS) is 11.0. The van der Waals surface area contributed by atoms with E-state index in [4.69, 9.17) is 16.9 Å². The highest BCUT2D eigenvalue weighted by Gasteiger charge is 2.12. The number of nitriles is 1. The zero-order valence-electron chi connectivity index (χ0n) is 6.60. The average molecular weight is 162 g/mol. The van der Waals surface area contributed by atoms with Gasteiger partial charge in [-0.15, -0.1) is 11.6 Å².